The lowest BCUT2D eigenvalue weighted by atomic mass is 10.3. The first kappa shape index (κ1) is 11.3. The van der Waals surface area contributed by atoms with E-state index in [1.807, 2.05) is 11.4 Å². The number of carbonyl (C=O) groups is 1. The molecule has 0 spiro atoms. The minimum absolute atomic E-state index is 0.00500. The SMILES string of the molecule is O=C(O)CCc1nnc(-c2csc(Br)c2)o1. The molecule has 0 amide bonds. The summed E-state index contributed by atoms with van der Waals surface area (Å²) in [6.45, 7) is 0. The summed E-state index contributed by atoms with van der Waals surface area (Å²) in [5, 5.41) is 18.0. The Labute approximate surface area is 103 Å². The van der Waals surface area contributed by atoms with Crippen molar-refractivity contribution < 1.29 is 14.3 Å². The first-order chi connectivity index (χ1) is 7.65. The number of carboxylic acid groups (broad SMARTS) is 1. The summed E-state index contributed by atoms with van der Waals surface area (Å²) < 4.78 is 6.31. The third-order valence-electron chi connectivity index (χ3n) is 1.83. The predicted octanol–water partition coefficient (Wildman–Crippen LogP) is 2.58. The van der Waals surface area contributed by atoms with Gasteiger partial charge in [0, 0.05) is 11.8 Å². The second-order valence-corrected chi connectivity index (χ2v) is 5.32. The summed E-state index contributed by atoms with van der Waals surface area (Å²) in [6.07, 6.45) is 0.253. The monoisotopic (exact) mass is 302 g/mol. The third-order valence-corrected chi connectivity index (χ3v) is 3.34. The van der Waals surface area contributed by atoms with Crippen LogP contribution in [0.15, 0.2) is 19.6 Å². The Kier molecular flexibility index (Phi) is 3.35. The van der Waals surface area contributed by atoms with Crippen molar-refractivity contribution in [1.82, 2.24) is 10.2 Å². The van der Waals surface area contributed by atoms with Gasteiger partial charge in [0.25, 0.3) is 0 Å². The van der Waals surface area contributed by atoms with Crippen LogP contribution in [0.2, 0.25) is 0 Å². The quantitative estimate of drug-likeness (QED) is 0.939. The topological polar surface area (TPSA) is 76.2 Å². The highest BCUT2D eigenvalue weighted by molar-refractivity contribution is 9.11. The van der Waals surface area contributed by atoms with Crippen molar-refractivity contribution in [1.29, 1.82) is 0 Å². The number of aromatic nitrogens is 2. The molecule has 5 nitrogen and oxygen atoms in total. The van der Waals surface area contributed by atoms with Crippen molar-refractivity contribution >= 4 is 33.2 Å². The van der Waals surface area contributed by atoms with Gasteiger partial charge in [0.15, 0.2) is 0 Å². The smallest absolute Gasteiger partial charge is 0.303 e. The first-order valence-corrected chi connectivity index (χ1v) is 6.11. The third kappa shape index (κ3) is 2.67. The molecule has 16 heavy (non-hydrogen) atoms. The first-order valence-electron chi connectivity index (χ1n) is 4.44. The van der Waals surface area contributed by atoms with Gasteiger partial charge in [-0.15, -0.1) is 21.5 Å². The maximum Gasteiger partial charge on any atom is 0.303 e. The Balaban J connectivity index is 2.10. The fourth-order valence-electron chi connectivity index (χ4n) is 1.11. The van der Waals surface area contributed by atoms with Crippen LogP contribution in [0.3, 0.4) is 0 Å². The Bertz CT molecular complexity index is 508. The minimum atomic E-state index is -0.877. The van der Waals surface area contributed by atoms with Crippen molar-refractivity contribution in [3.05, 3.63) is 21.1 Å². The molecule has 0 aliphatic rings. The molecule has 84 valence electrons. The van der Waals surface area contributed by atoms with Crippen molar-refractivity contribution in [2.75, 3.05) is 0 Å². The maximum absolute atomic E-state index is 10.4. The number of rotatable bonds is 4. The molecule has 0 aliphatic carbocycles. The second-order valence-electron chi connectivity index (χ2n) is 3.03. The molecular weight excluding hydrogens is 296 g/mol. The zero-order valence-corrected chi connectivity index (χ0v) is 10.4. The molecule has 2 aromatic heterocycles. The van der Waals surface area contributed by atoms with E-state index in [2.05, 4.69) is 26.1 Å². The summed E-state index contributed by atoms with van der Waals surface area (Å²) >= 11 is 4.86. The molecule has 0 saturated heterocycles. The molecular formula is C9H7BrN2O3S. The van der Waals surface area contributed by atoms with Crippen molar-refractivity contribution in [2.45, 2.75) is 12.8 Å². The summed E-state index contributed by atoms with van der Waals surface area (Å²) in [5.41, 5.74) is 0.839. The minimum Gasteiger partial charge on any atom is -0.481 e. The van der Waals surface area contributed by atoms with E-state index < -0.39 is 5.97 Å². The number of aliphatic carboxylic acids is 1. The largest absolute Gasteiger partial charge is 0.481 e. The van der Waals surface area contributed by atoms with E-state index in [9.17, 15) is 4.79 Å². The van der Waals surface area contributed by atoms with Crippen LogP contribution >= 0.6 is 27.3 Å². The highest BCUT2D eigenvalue weighted by Gasteiger charge is 2.11. The standard InChI is InChI=1S/C9H7BrN2O3S/c10-6-3-5(4-16-6)9-12-11-7(15-9)1-2-8(13)14/h3-4H,1-2H2,(H,13,14). The van der Waals surface area contributed by atoms with Gasteiger partial charge in [-0.3, -0.25) is 4.79 Å². The fourth-order valence-corrected chi connectivity index (χ4v) is 2.24. The van der Waals surface area contributed by atoms with E-state index in [0.717, 1.165) is 9.35 Å². The molecule has 0 atom stereocenters. The zero-order chi connectivity index (χ0) is 11.5. The summed E-state index contributed by atoms with van der Waals surface area (Å²) in [4.78, 5) is 10.4. The number of carboxylic acids is 1. The molecule has 0 saturated carbocycles. The van der Waals surface area contributed by atoms with Gasteiger partial charge in [0.2, 0.25) is 11.8 Å². The van der Waals surface area contributed by atoms with Gasteiger partial charge >= 0.3 is 5.97 Å². The van der Waals surface area contributed by atoms with Crippen LogP contribution in [0.1, 0.15) is 12.3 Å². The van der Waals surface area contributed by atoms with Crippen LogP contribution in [0.4, 0.5) is 0 Å². The average Bonchev–Trinajstić information content (AvgIpc) is 2.83. The normalized spacial score (nSPS) is 10.6. The highest BCUT2D eigenvalue weighted by atomic mass is 79.9. The fraction of sp³-hybridized carbons (Fsp3) is 0.222. The molecule has 0 radical (unpaired) electrons. The molecule has 0 aromatic carbocycles. The van der Waals surface area contributed by atoms with E-state index in [-0.39, 0.29) is 12.8 Å². The lowest BCUT2D eigenvalue weighted by molar-refractivity contribution is -0.137. The maximum atomic E-state index is 10.4. The second kappa shape index (κ2) is 4.75. The van der Waals surface area contributed by atoms with E-state index in [4.69, 9.17) is 9.52 Å². The van der Waals surface area contributed by atoms with Crippen LogP contribution in [-0.4, -0.2) is 21.3 Å². The Morgan fingerprint density at radius 3 is 3.00 bits per heavy atom. The zero-order valence-electron chi connectivity index (χ0n) is 8.01. The molecule has 0 unspecified atom stereocenters. The van der Waals surface area contributed by atoms with Crippen LogP contribution < -0.4 is 0 Å². The molecule has 0 fully saturated rings. The lowest BCUT2D eigenvalue weighted by Crippen LogP contribution is -1.97. The van der Waals surface area contributed by atoms with Gasteiger partial charge in [-0.25, -0.2) is 0 Å². The lowest BCUT2D eigenvalue weighted by Gasteiger charge is -1.89. The number of hydrogen-bond donors (Lipinski definition) is 1. The summed E-state index contributed by atoms with van der Waals surface area (Å²) in [7, 11) is 0. The Morgan fingerprint density at radius 1 is 1.56 bits per heavy atom. The van der Waals surface area contributed by atoms with Crippen LogP contribution in [0.25, 0.3) is 11.5 Å². The van der Waals surface area contributed by atoms with Crippen LogP contribution in [-0.2, 0) is 11.2 Å². The van der Waals surface area contributed by atoms with Crippen LogP contribution in [0, 0.1) is 0 Å². The Morgan fingerprint density at radius 2 is 2.38 bits per heavy atom. The molecule has 2 aromatic rings. The number of nitrogens with zero attached hydrogens (tertiary/aromatic N) is 2. The van der Waals surface area contributed by atoms with Crippen molar-refractivity contribution in [3.63, 3.8) is 0 Å². The molecule has 2 heterocycles. The number of halogens is 1. The molecule has 1 N–H and O–H groups in total. The van der Waals surface area contributed by atoms with Crippen molar-refractivity contribution in [2.24, 2.45) is 0 Å². The van der Waals surface area contributed by atoms with Crippen molar-refractivity contribution in [3.8, 4) is 11.5 Å². The van der Waals surface area contributed by atoms with Gasteiger partial charge in [-0.1, -0.05) is 0 Å². The van der Waals surface area contributed by atoms with Crippen LogP contribution in [0.5, 0.6) is 0 Å². The molecule has 0 bridgehead atoms. The number of thiophene rings is 1. The van der Waals surface area contributed by atoms with Gasteiger partial charge in [-0.2, -0.15) is 0 Å². The summed E-state index contributed by atoms with van der Waals surface area (Å²) in [6, 6.07) is 1.87. The van der Waals surface area contributed by atoms with Gasteiger partial charge in [0.05, 0.1) is 15.8 Å². The number of aryl methyl sites for hydroxylation is 1. The average molecular weight is 303 g/mol. The van der Waals surface area contributed by atoms with E-state index in [1.54, 1.807) is 0 Å². The van der Waals surface area contributed by atoms with E-state index >= 15 is 0 Å². The molecule has 0 aliphatic heterocycles. The van der Waals surface area contributed by atoms with Gasteiger partial charge < -0.3 is 9.52 Å². The van der Waals surface area contributed by atoms with E-state index in [0.29, 0.717) is 11.8 Å². The number of hydrogen-bond acceptors (Lipinski definition) is 5. The van der Waals surface area contributed by atoms with E-state index in [1.165, 1.54) is 11.3 Å². The molecule has 2 rings (SSSR count). The highest BCUT2D eigenvalue weighted by Crippen LogP contribution is 2.28. The predicted molar refractivity (Wildman–Crippen MR) is 61.3 cm³/mol. The van der Waals surface area contributed by atoms with Gasteiger partial charge in [0.1, 0.15) is 0 Å². The van der Waals surface area contributed by atoms with Gasteiger partial charge in [-0.05, 0) is 22.0 Å². The molecule has 7 heteroatoms. The summed E-state index contributed by atoms with van der Waals surface area (Å²) in [5.74, 6) is -0.111. The Hall–Kier alpha value is -1.21.